The van der Waals surface area contributed by atoms with E-state index in [1.165, 1.54) is 43.6 Å². The first-order valence-electron chi connectivity index (χ1n) is 13.1. The van der Waals surface area contributed by atoms with Crippen molar-refractivity contribution in [2.75, 3.05) is 50.1 Å². The predicted octanol–water partition coefficient (Wildman–Crippen LogP) is 5.65. The van der Waals surface area contributed by atoms with Crippen molar-refractivity contribution < 1.29 is 23.0 Å². The van der Waals surface area contributed by atoms with Crippen LogP contribution >= 0.6 is 0 Å². The van der Waals surface area contributed by atoms with Gasteiger partial charge in [0.25, 0.3) is 0 Å². The fraction of sp³-hybridized carbons (Fsp3) is 0.267. The number of hydrogen-bond acceptors (Lipinski definition) is 8. The number of nitrogens with zero attached hydrogens (tertiary/aromatic N) is 4. The van der Waals surface area contributed by atoms with E-state index in [0.29, 0.717) is 46.0 Å². The molecule has 2 heterocycles. The third kappa shape index (κ3) is 8.03. The fourth-order valence-electron chi connectivity index (χ4n) is 4.22. The maximum atomic E-state index is 14.9. The summed E-state index contributed by atoms with van der Waals surface area (Å²) in [7, 11) is 0. The number of halogens is 2. The number of benzene rings is 2. The van der Waals surface area contributed by atoms with E-state index < -0.39 is 17.6 Å². The van der Waals surface area contributed by atoms with Gasteiger partial charge in [0.2, 0.25) is 5.91 Å². The van der Waals surface area contributed by atoms with Crippen molar-refractivity contribution in [1.82, 2.24) is 14.9 Å². The van der Waals surface area contributed by atoms with Gasteiger partial charge < -0.3 is 20.1 Å². The Bertz CT molecular complexity index is 1480. The molecule has 0 aliphatic carbocycles. The van der Waals surface area contributed by atoms with Crippen molar-refractivity contribution in [3.8, 4) is 5.75 Å². The van der Waals surface area contributed by atoms with Gasteiger partial charge in [-0.25, -0.2) is 18.7 Å². The molecule has 0 radical (unpaired) electrons. The van der Waals surface area contributed by atoms with Gasteiger partial charge in [-0.05, 0) is 62.6 Å². The first-order chi connectivity index (χ1) is 19.9. The highest BCUT2D eigenvalue weighted by Gasteiger charge is 2.15. The SMILES string of the molecule is C=CC(=O)Nc1cc2c(Nc3cc(/C(=C/C=C(\C)F)N=C)ccc3F)ncnc2cc1OCCCN1CCOCC1. The zero-order valence-electron chi connectivity index (χ0n) is 22.8. The molecule has 0 atom stereocenters. The van der Waals surface area contributed by atoms with Gasteiger partial charge >= 0.3 is 0 Å². The summed E-state index contributed by atoms with van der Waals surface area (Å²) in [6, 6.07) is 7.69. The van der Waals surface area contributed by atoms with Gasteiger partial charge in [0.05, 0.1) is 48.2 Å². The Morgan fingerprint density at radius 1 is 1.20 bits per heavy atom. The summed E-state index contributed by atoms with van der Waals surface area (Å²) in [6.07, 6.45) is 6.00. The number of anilines is 3. The van der Waals surface area contributed by atoms with Crippen LogP contribution in [0.3, 0.4) is 0 Å². The average Bonchev–Trinajstić information content (AvgIpc) is 2.97. The number of aromatic nitrogens is 2. The molecule has 3 aromatic rings. The minimum absolute atomic E-state index is 0.109. The number of hydrogen-bond donors (Lipinski definition) is 2. The second-order valence-electron chi connectivity index (χ2n) is 9.22. The van der Waals surface area contributed by atoms with Gasteiger partial charge in [0, 0.05) is 36.7 Å². The standard InChI is InChI=1S/C30H32F2N6O3/c1-4-29(39)36-27-17-22-25(18-28(27)41-13-5-10-38-11-14-40-15-12-38)34-19-35-30(22)37-26-16-21(7-8-23(26)32)24(33-3)9-6-20(2)31/h4,6-9,16-19H,1,3,5,10-15H2,2H3,(H,36,39)(H,34,35,37)/b20-6+,24-9-. The number of rotatable bonds is 12. The third-order valence-electron chi connectivity index (χ3n) is 6.32. The molecule has 1 aliphatic heterocycles. The Morgan fingerprint density at radius 2 is 2.00 bits per heavy atom. The number of carbonyl (C=O) groups is 1. The highest BCUT2D eigenvalue weighted by atomic mass is 19.1. The van der Waals surface area contributed by atoms with E-state index >= 15 is 0 Å². The van der Waals surface area contributed by atoms with Crippen molar-refractivity contribution in [1.29, 1.82) is 0 Å². The van der Waals surface area contributed by atoms with Gasteiger partial charge in [-0.3, -0.25) is 14.7 Å². The molecule has 1 amide bonds. The molecule has 1 fully saturated rings. The Kier molecular flexibility index (Phi) is 10.2. The van der Waals surface area contributed by atoms with E-state index in [9.17, 15) is 13.6 Å². The normalized spacial score (nSPS) is 14.5. The molecule has 4 rings (SSSR count). The van der Waals surface area contributed by atoms with Crippen LogP contribution in [-0.4, -0.2) is 66.9 Å². The number of morpholine rings is 1. The van der Waals surface area contributed by atoms with Crippen LogP contribution in [0, 0.1) is 5.82 Å². The number of fused-ring (bicyclic) bond motifs is 1. The summed E-state index contributed by atoms with van der Waals surface area (Å²) in [4.78, 5) is 27.1. The first-order valence-corrected chi connectivity index (χ1v) is 13.1. The number of aliphatic imine (C=N–C) groups is 1. The Hall–Kier alpha value is -4.48. The van der Waals surface area contributed by atoms with E-state index in [4.69, 9.17) is 9.47 Å². The molecule has 0 bridgehead atoms. The van der Waals surface area contributed by atoms with Gasteiger partial charge in [0.15, 0.2) is 0 Å². The molecule has 214 valence electrons. The number of allylic oxidation sites excluding steroid dienone is 3. The summed E-state index contributed by atoms with van der Waals surface area (Å²) in [5.41, 5.74) is 1.91. The summed E-state index contributed by atoms with van der Waals surface area (Å²) >= 11 is 0. The van der Waals surface area contributed by atoms with Crippen LogP contribution in [0.2, 0.25) is 0 Å². The monoisotopic (exact) mass is 562 g/mol. The number of carbonyl (C=O) groups excluding carboxylic acids is 1. The highest BCUT2D eigenvalue weighted by molar-refractivity contribution is 6.03. The van der Waals surface area contributed by atoms with Crippen LogP contribution < -0.4 is 15.4 Å². The van der Waals surface area contributed by atoms with E-state index in [-0.39, 0.29) is 5.69 Å². The maximum Gasteiger partial charge on any atom is 0.247 e. The van der Waals surface area contributed by atoms with E-state index in [0.717, 1.165) is 45.3 Å². The molecular formula is C30H32F2N6O3. The lowest BCUT2D eigenvalue weighted by molar-refractivity contribution is -0.111. The van der Waals surface area contributed by atoms with Crippen LogP contribution in [0.25, 0.3) is 16.6 Å². The number of amides is 1. The number of nitrogens with one attached hydrogen (secondary N) is 2. The molecule has 41 heavy (non-hydrogen) atoms. The highest BCUT2D eigenvalue weighted by Crippen LogP contribution is 2.34. The van der Waals surface area contributed by atoms with Crippen LogP contribution in [0.4, 0.5) is 26.0 Å². The molecule has 2 aromatic carbocycles. The predicted molar refractivity (Wildman–Crippen MR) is 158 cm³/mol. The lowest BCUT2D eigenvalue weighted by atomic mass is 10.1. The average molecular weight is 563 g/mol. The molecule has 1 aromatic heterocycles. The van der Waals surface area contributed by atoms with Crippen molar-refractivity contribution in [2.45, 2.75) is 13.3 Å². The molecule has 9 nitrogen and oxygen atoms in total. The first kappa shape index (κ1) is 29.5. The topological polar surface area (TPSA) is 101 Å². The van der Waals surface area contributed by atoms with Crippen LogP contribution in [0.5, 0.6) is 5.75 Å². The van der Waals surface area contributed by atoms with E-state index in [1.54, 1.807) is 12.1 Å². The van der Waals surface area contributed by atoms with Crippen LogP contribution in [0.1, 0.15) is 18.9 Å². The van der Waals surface area contributed by atoms with Gasteiger partial charge in [0.1, 0.15) is 23.7 Å². The lowest BCUT2D eigenvalue weighted by Crippen LogP contribution is -2.37. The molecule has 0 unspecified atom stereocenters. The molecule has 2 N–H and O–H groups in total. The second kappa shape index (κ2) is 14.2. The molecule has 1 saturated heterocycles. The van der Waals surface area contributed by atoms with Crippen molar-refractivity contribution in [2.24, 2.45) is 4.99 Å². The van der Waals surface area contributed by atoms with Crippen molar-refractivity contribution >= 4 is 46.4 Å². The Labute approximate surface area is 237 Å². The van der Waals surface area contributed by atoms with Gasteiger partial charge in [-0.1, -0.05) is 6.58 Å². The van der Waals surface area contributed by atoms with Gasteiger partial charge in [-0.15, -0.1) is 0 Å². The summed E-state index contributed by atoms with van der Waals surface area (Å²) in [5.74, 6) is -0.618. The van der Waals surface area contributed by atoms with E-state index in [2.05, 4.69) is 43.8 Å². The zero-order valence-corrected chi connectivity index (χ0v) is 22.8. The van der Waals surface area contributed by atoms with Crippen molar-refractivity contribution in [3.05, 3.63) is 78.7 Å². The van der Waals surface area contributed by atoms with Crippen LogP contribution in [0.15, 0.2) is 72.3 Å². The number of ether oxygens (including phenoxy) is 2. The maximum absolute atomic E-state index is 14.9. The molecular weight excluding hydrogens is 530 g/mol. The third-order valence-corrected chi connectivity index (χ3v) is 6.32. The molecule has 11 heteroatoms. The quantitative estimate of drug-likeness (QED) is 0.127. The van der Waals surface area contributed by atoms with Gasteiger partial charge in [-0.2, -0.15) is 0 Å². The van der Waals surface area contributed by atoms with Crippen molar-refractivity contribution in [3.63, 3.8) is 0 Å². The lowest BCUT2D eigenvalue weighted by Gasteiger charge is -2.26. The van der Waals surface area contributed by atoms with E-state index in [1.807, 2.05) is 0 Å². The van der Waals surface area contributed by atoms with Crippen LogP contribution in [-0.2, 0) is 9.53 Å². The molecule has 1 aliphatic rings. The second-order valence-corrected chi connectivity index (χ2v) is 9.22. The summed E-state index contributed by atoms with van der Waals surface area (Å²) in [5, 5.41) is 6.30. The molecule has 0 spiro atoms. The Morgan fingerprint density at radius 3 is 2.73 bits per heavy atom. The zero-order chi connectivity index (χ0) is 29.2. The minimum atomic E-state index is -0.540. The fourth-order valence-corrected chi connectivity index (χ4v) is 4.22. The Balaban J connectivity index is 1.61. The molecule has 0 saturated carbocycles. The minimum Gasteiger partial charge on any atom is -0.491 e. The smallest absolute Gasteiger partial charge is 0.247 e. The largest absolute Gasteiger partial charge is 0.491 e. The summed E-state index contributed by atoms with van der Waals surface area (Å²) < 4.78 is 39.5. The summed E-state index contributed by atoms with van der Waals surface area (Å²) in [6.45, 7) is 12.9.